The Morgan fingerprint density at radius 3 is 2.47 bits per heavy atom. The lowest BCUT2D eigenvalue weighted by Crippen LogP contribution is -2.31. The van der Waals surface area contributed by atoms with Crippen molar-refractivity contribution in [2.24, 2.45) is 0 Å². The standard InChI is InChI=1S/C33H33FN4O5/c34-26-9-8-25(35-32(39)24-6-11-29-30(20-24)42-18-17-41-29)21-28(26)37-33(40)23-5-10-27-22(19-23)7-12-31(36-27)43-16-4-15-38-13-2-1-3-14-38/h5-12,19-21H,1-4,13-18H2,(H,35,39)(H,37,40). The molecule has 3 heterocycles. The van der Waals surface area contributed by atoms with E-state index >= 15 is 0 Å². The molecule has 10 heteroatoms. The van der Waals surface area contributed by atoms with Crippen LogP contribution in [-0.2, 0) is 0 Å². The number of fused-ring (bicyclic) bond motifs is 2. The minimum absolute atomic E-state index is 0.0588. The molecule has 2 aliphatic heterocycles. The van der Waals surface area contributed by atoms with Crippen molar-refractivity contribution in [3.8, 4) is 17.4 Å². The number of aromatic nitrogens is 1. The van der Waals surface area contributed by atoms with E-state index < -0.39 is 17.6 Å². The molecule has 0 radical (unpaired) electrons. The number of rotatable bonds is 9. The number of halogens is 1. The summed E-state index contributed by atoms with van der Waals surface area (Å²) in [5.74, 6) is 0.0769. The fraction of sp³-hybridized carbons (Fsp3) is 0.303. The molecule has 0 saturated carbocycles. The van der Waals surface area contributed by atoms with Crippen molar-refractivity contribution in [3.05, 3.63) is 83.7 Å². The van der Waals surface area contributed by atoms with Gasteiger partial charge in [0, 0.05) is 34.8 Å². The molecule has 0 aliphatic carbocycles. The van der Waals surface area contributed by atoms with Gasteiger partial charge in [-0.15, -0.1) is 0 Å². The van der Waals surface area contributed by atoms with Gasteiger partial charge in [0.1, 0.15) is 19.0 Å². The molecule has 43 heavy (non-hydrogen) atoms. The van der Waals surface area contributed by atoms with Crippen LogP contribution in [0.3, 0.4) is 0 Å². The lowest BCUT2D eigenvalue weighted by molar-refractivity contribution is 0.101. The number of ether oxygens (including phenoxy) is 3. The Bertz CT molecular complexity index is 1640. The molecule has 2 aliphatic rings. The summed E-state index contributed by atoms with van der Waals surface area (Å²) in [6.07, 6.45) is 4.82. The number of pyridine rings is 1. The van der Waals surface area contributed by atoms with Gasteiger partial charge >= 0.3 is 0 Å². The van der Waals surface area contributed by atoms with Gasteiger partial charge in [-0.05, 0) is 93.0 Å². The number of carbonyl (C=O) groups excluding carboxylic acids is 2. The highest BCUT2D eigenvalue weighted by Crippen LogP contribution is 2.31. The van der Waals surface area contributed by atoms with Crippen LogP contribution in [0.5, 0.6) is 17.4 Å². The third-order valence-corrected chi connectivity index (χ3v) is 7.52. The van der Waals surface area contributed by atoms with Crippen LogP contribution in [0, 0.1) is 5.82 Å². The zero-order chi connectivity index (χ0) is 29.6. The molecule has 2 amide bonds. The van der Waals surface area contributed by atoms with Crippen molar-refractivity contribution in [2.75, 3.05) is 50.1 Å². The predicted octanol–water partition coefficient (Wildman–Crippen LogP) is 5.90. The lowest BCUT2D eigenvalue weighted by atomic mass is 10.1. The summed E-state index contributed by atoms with van der Waals surface area (Å²) in [7, 11) is 0. The lowest BCUT2D eigenvalue weighted by Gasteiger charge is -2.26. The summed E-state index contributed by atoms with van der Waals surface area (Å²) < 4.78 is 31.5. The highest BCUT2D eigenvalue weighted by Gasteiger charge is 2.17. The van der Waals surface area contributed by atoms with Crippen LogP contribution in [0.4, 0.5) is 15.8 Å². The van der Waals surface area contributed by atoms with Gasteiger partial charge in [-0.1, -0.05) is 6.42 Å². The van der Waals surface area contributed by atoms with Crippen LogP contribution in [0.1, 0.15) is 46.4 Å². The van der Waals surface area contributed by atoms with Gasteiger partial charge in [0.2, 0.25) is 5.88 Å². The molecule has 3 aromatic carbocycles. The number of anilines is 2. The van der Waals surface area contributed by atoms with E-state index in [2.05, 4.69) is 20.5 Å². The summed E-state index contributed by atoms with van der Waals surface area (Å²) in [5.41, 5.74) is 1.66. The molecule has 0 spiro atoms. The third kappa shape index (κ3) is 7.03. The van der Waals surface area contributed by atoms with Crippen LogP contribution >= 0.6 is 0 Å². The van der Waals surface area contributed by atoms with Crippen LogP contribution in [0.25, 0.3) is 10.9 Å². The predicted molar refractivity (Wildman–Crippen MR) is 162 cm³/mol. The molecule has 1 saturated heterocycles. The first-order valence-electron chi connectivity index (χ1n) is 14.6. The largest absolute Gasteiger partial charge is 0.486 e. The van der Waals surface area contributed by atoms with Gasteiger partial charge < -0.3 is 29.7 Å². The minimum atomic E-state index is -0.629. The third-order valence-electron chi connectivity index (χ3n) is 7.52. The quantitative estimate of drug-likeness (QED) is 0.236. The second kappa shape index (κ2) is 13.1. The van der Waals surface area contributed by atoms with E-state index in [4.69, 9.17) is 14.2 Å². The molecule has 1 aromatic heterocycles. The normalized spacial score (nSPS) is 14.7. The van der Waals surface area contributed by atoms with Crippen molar-refractivity contribution >= 4 is 34.1 Å². The van der Waals surface area contributed by atoms with E-state index in [9.17, 15) is 14.0 Å². The zero-order valence-corrected chi connectivity index (χ0v) is 23.7. The van der Waals surface area contributed by atoms with E-state index in [1.165, 1.54) is 50.6 Å². The highest BCUT2D eigenvalue weighted by molar-refractivity contribution is 6.07. The van der Waals surface area contributed by atoms with Crippen molar-refractivity contribution in [1.29, 1.82) is 0 Å². The molecule has 2 N–H and O–H groups in total. The fourth-order valence-electron chi connectivity index (χ4n) is 5.26. The average molecular weight is 585 g/mol. The SMILES string of the molecule is O=C(Nc1ccc(F)c(NC(=O)c2ccc3nc(OCCCN4CCCCC4)ccc3c2)c1)c1ccc2c(c1)OCCO2. The Kier molecular flexibility index (Phi) is 8.65. The Labute approximate surface area is 249 Å². The van der Waals surface area contributed by atoms with Gasteiger partial charge in [0.15, 0.2) is 11.5 Å². The highest BCUT2D eigenvalue weighted by atomic mass is 19.1. The van der Waals surface area contributed by atoms with E-state index in [1.54, 1.807) is 42.5 Å². The minimum Gasteiger partial charge on any atom is -0.486 e. The van der Waals surface area contributed by atoms with Gasteiger partial charge in [0.25, 0.3) is 11.8 Å². The van der Waals surface area contributed by atoms with Crippen molar-refractivity contribution < 1.29 is 28.2 Å². The molecule has 1 fully saturated rings. The molecule has 0 atom stereocenters. The van der Waals surface area contributed by atoms with Crippen molar-refractivity contribution in [3.63, 3.8) is 0 Å². The van der Waals surface area contributed by atoms with Crippen molar-refractivity contribution in [2.45, 2.75) is 25.7 Å². The summed E-state index contributed by atoms with van der Waals surface area (Å²) in [6.45, 7) is 4.82. The summed E-state index contributed by atoms with van der Waals surface area (Å²) in [4.78, 5) is 32.9. The number of carbonyl (C=O) groups is 2. The molecule has 4 aromatic rings. The van der Waals surface area contributed by atoms with E-state index in [1.807, 2.05) is 6.07 Å². The Hall–Kier alpha value is -4.70. The van der Waals surface area contributed by atoms with Crippen LogP contribution < -0.4 is 24.8 Å². The number of piperidine rings is 1. The number of nitrogens with one attached hydrogen (secondary N) is 2. The first-order chi connectivity index (χ1) is 21.0. The molecule has 222 valence electrons. The summed E-state index contributed by atoms with van der Waals surface area (Å²) in [6, 6.07) is 17.6. The monoisotopic (exact) mass is 584 g/mol. The first kappa shape index (κ1) is 28.4. The molecule has 0 bridgehead atoms. The van der Waals surface area contributed by atoms with Crippen LogP contribution in [-0.4, -0.2) is 61.2 Å². The van der Waals surface area contributed by atoms with Gasteiger partial charge in [-0.3, -0.25) is 9.59 Å². The van der Waals surface area contributed by atoms with Gasteiger partial charge in [-0.2, -0.15) is 0 Å². The Balaban J connectivity index is 1.07. The second-order valence-electron chi connectivity index (χ2n) is 10.6. The van der Waals surface area contributed by atoms with E-state index in [-0.39, 0.29) is 5.69 Å². The fourth-order valence-corrected chi connectivity index (χ4v) is 5.26. The number of hydrogen-bond donors (Lipinski definition) is 2. The van der Waals surface area contributed by atoms with Crippen LogP contribution in [0.2, 0.25) is 0 Å². The van der Waals surface area contributed by atoms with Crippen LogP contribution in [0.15, 0.2) is 66.7 Å². The Morgan fingerprint density at radius 1 is 0.837 bits per heavy atom. The number of hydrogen-bond acceptors (Lipinski definition) is 7. The maximum atomic E-state index is 14.6. The molecule has 0 unspecified atom stereocenters. The molecule has 9 nitrogen and oxygen atoms in total. The number of likely N-dealkylation sites (tertiary alicyclic amines) is 1. The van der Waals surface area contributed by atoms with E-state index in [0.29, 0.717) is 59.5 Å². The second-order valence-corrected chi connectivity index (χ2v) is 10.6. The maximum absolute atomic E-state index is 14.6. The smallest absolute Gasteiger partial charge is 0.255 e. The van der Waals surface area contributed by atoms with Gasteiger partial charge in [0.05, 0.1) is 17.8 Å². The molecule has 6 rings (SSSR count). The molecular weight excluding hydrogens is 551 g/mol. The topological polar surface area (TPSA) is 102 Å². The average Bonchev–Trinajstić information content (AvgIpc) is 3.04. The Morgan fingerprint density at radius 2 is 1.60 bits per heavy atom. The zero-order valence-electron chi connectivity index (χ0n) is 23.7. The van der Waals surface area contributed by atoms with Crippen molar-refractivity contribution in [1.82, 2.24) is 9.88 Å². The first-order valence-corrected chi connectivity index (χ1v) is 14.6. The molecular formula is C33H33FN4O5. The summed E-state index contributed by atoms with van der Waals surface area (Å²) >= 11 is 0. The van der Waals surface area contributed by atoms with E-state index in [0.717, 1.165) is 18.4 Å². The number of benzene rings is 3. The number of amides is 2. The summed E-state index contributed by atoms with van der Waals surface area (Å²) in [5, 5.41) is 6.10. The number of nitrogens with zero attached hydrogens (tertiary/aromatic N) is 2. The van der Waals surface area contributed by atoms with Gasteiger partial charge in [-0.25, -0.2) is 9.37 Å². The maximum Gasteiger partial charge on any atom is 0.255 e.